The molecule has 0 amide bonds. The molecule has 1 unspecified atom stereocenters. The van der Waals surface area contributed by atoms with Gasteiger partial charge < -0.3 is 4.42 Å². The third kappa shape index (κ3) is 1.98. The number of furan rings is 1. The Morgan fingerprint density at radius 1 is 1.38 bits per heavy atom. The van der Waals surface area contributed by atoms with Gasteiger partial charge in [0, 0.05) is 5.56 Å². The van der Waals surface area contributed by atoms with Crippen LogP contribution in [0.2, 0.25) is 0 Å². The van der Waals surface area contributed by atoms with Crippen molar-refractivity contribution >= 4 is 0 Å². The fourth-order valence-electron chi connectivity index (χ4n) is 1.73. The Bertz CT molecular complexity index is 468. The molecular formula is C12H13FN2O. The summed E-state index contributed by atoms with van der Waals surface area (Å²) in [7, 11) is 0. The molecule has 16 heavy (non-hydrogen) atoms. The molecule has 1 aromatic carbocycles. The molecule has 0 aliphatic heterocycles. The second-order valence-electron chi connectivity index (χ2n) is 3.66. The number of hydrogen-bond donors (Lipinski definition) is 2. The minimum Gasteiger partial charge on any atom is -0.472 e. The van der Waals surface area contributed by atoms with Gasteiger partial charge in [-0.3, -0.25) is 5.84 Å². The first-order chi connectivity index (χ1) is 7.72. The minimum atomic E-state index is -0.274. The highest BCUT2D eigenvalue weighted by atomic mass is 19.1. The van der Waals surface area contributed by atoms with Gasteiger partial charge in [-0.2, -0.15) is 0 Å². The van der Waals surface area contributed by atoms with Gasteiger partial charge in [0.25, 0.3) is 0 Å². The van der Waals surface area contributed by atoms with Crippen LogP contribution in [0.25, 0.3) is 0 Å². The second-order valence-corrected chi connectivity index (χ2v) is 3.66. The van der Waals surface area contributed by atoms with Crippen molar-refractivity contribution in [1.82, 2.24) is 5.43 Å². The lowest BCUT2D eigenvalue weighted by Gasteiger charge is -2.17. The molecular weight excluding hydrogens is 207 g/mol. The van der Waals surface area contributed by atoms with E-state index < -0.39 is 0 Å². The zero-order chi connectivity index (χ0) is 11.5. The van der Waals surface area contributed by atoms with Gasteiger partial charge in [0.05, 0.1) is 18.6 Å². The predicted octanol–water partition coefficient (Wildman–Crippen LogP) is 2.28. The molecule has 0 radical (unpaired) electrons. The molecule has 0 saturated carbocycles. The second kappa shape index (κ2) is 4.47. The van der Waals surface area contributed by atoms with Gasteiger partial charge in [0.1, 0.15) is 5.82 Å². The summed E-state index contributed by atoms with van der Waals surface area (Å²) in [6.07, 6.45) is 3.16. The third-order valence-corrected chi connectivity index (χ3v) is 2.60. The van der Waals surface area contributed by atoms with E-state index in [2.05, 4.69) is 5.43 Å². The number of benzene rings is 1. The Hall–Kier alpha value is -1.65. The van der Waals surface area contributed by atoms with Crippen molar-refractivity contribution in [2.24, 2.45) is 5.84 Å². The zero-order valence-corrected chi connectivity index (χ0v) is 8.91. The molecule has 0 fully saturated rings. The van der Waals surface area contributed by atoms with E-state index >= 15 is 0 Å². The molecule has 3 N–H and O–H groups in total. The summed E-state index contributed by atoms with van der Waals surface area (Å²) in [5, 5.41) is 0. The fourth-order valence-corrected chi connectivity index (χ4v) is 1.73. The van der Waals surface area contributed by atoms with Crippen LogP contribution in [-0.2, 0) is 0 Å². The van der Waals surface area contributed by atoms with Gasteiger partial charge in [-0.05, 0) is 36.2 Å². The smallest absolute Gasteiger partial charge is 0.123 e. The quantitative estimate of drug-likeness (QED) is 0.616. The van der Waals surface area contributed by atoms with Crippen molar-refractivity contribution in [2.45, 2.75) is 13.0 Å². The van der Waals surface area contributed by atoms with Crippen LogP contribution in [0.15, 0.2) is 41.2 Å². The molecule has 3 nitrogen and oxygen atoms in total. The average Bonchev–Trinajstić information content (AvgIpc) is 2.78. The van der Waals surface area contributed by atoms with Crippen LogP contribution < -0.4 is 11.3 Å². The number of aryl methyl sites for hydroxylation is 1. The number of nitrogens with two attached hydrogens (primary N) is 1. The van der Waals surface area contributed by atoms with E-state index in [-0.39, 0.29) is 11.9 Å². The van der Waals surface area contributed by atoms with Gasteiger partial charge >= 0.3 is 0 Å². The minimum absolute atomic E-state index is 0.255. The summed E-state index contributed by atoms with van der Waals surface area (Å²) in [6.45, 7) is 1.92. The van der Waals surface area contributed by atoms with Crippen LogP contribution in [0.5, 0.6) is 0 Å². The molecule has 84 valence electrons. The van der Waals surface area contributed by atoms with E-state index in [0.29, 0.717) is 0 Å². The Morgan fingerprint density at radius 2 is 2.19 bits per heavy atom. The van der Waals surface area contributed by atoms with Crippen LogP contribution in [0.1, 0.15) is 22.7 Å². The normalized spacial score (nSPS) is 12.7. The average molecular weight is 220 g/mol. The molecule has 2 aromatic rings. The van der Waals surface area contributed by atoms with Crippen molar-refractivity contribution in [1.29, 1.82) is 0 Å². The van der Waals surface area contributed by atoms with Crippen LogP contribution in [0.4, 0.5) is 4.39 Å². The molecule has 0 aliphatic rings. The van der Waals surface area contributed by atoms with E-state index in [1.165, 1.54) is 12.1 Å². The molecule has 1 aromatic heterocycles. The highest BCUT2D eigenvalue weighted by Crippen LogP contribution is 2.25. The van der Waals surface area contributed by atoms with Crippen LogP contribution in [-0.4, -0.2) is 0 Å². The van der Waals surface area contributed by atoms with Crippen LogP contribution in [0.3, 0.4) is 0 Å². The molecule has 0 saturated heterocycles. The van der Waals surface area contributed by atoms with Gasteiger partial charge in [-0.15, -0.1) is 0 Å². The number of halogens is 1. The van der Waals surface area contributed by atoms with E-state index in [9.17, 15) is 4.39 Å². The van der Waals surface area contributed by atoms with Gasteiger partial charge in [0.15, 0.2) is 0 Å². The Morgan fingerprint density at radius 3 is 2.81 bits per heavy atom. The molecule has 2 rings (SSSR count). The first-order valence-electron chi connectivity index (χ1n) is 4.96. The maximum Gasteiger partial charge on any atom is 0.123 e. The van der Waals surface area contributed by atoms with Gasteiger partial charge in [0.2, 0.25) is 0 Å². The molecule has 0 aliphatic carbocycles. The van der Waals surface area contributed by atoms with E-state index in [4.69, 9.17) is 10.3 Å². The Kier molecular flexibility index (Phi) is 3.03. The molecule has 0 spiro atoms. The Balaban J connectivity index is 2.44. The maximum absolute atomic E-state index is 13.2. The molecule has 4 heteroatoms. The van der Waals surface area contributed by atoms with Gasteiger partial charge in [-0.1, -0.05) is 6.07 Å². The fraction of sp³-hybridized carbons (Fsp3) is 0.167. The molecule has 1 heterocycles. The summed E-state index contributed by atoms with van der Waals surface area (Å²) in [4.78, 5) is 0. The zero-order valence-electron chi connectivity index (χ0n) is 8.91. The highest BCUT2D eigenvalue weighted by Gasteiger charge is 2.16. The van der Waals surface area contributed by atoms with Crippen molar-refractivity contribution in [2.75, 3.05) is 0 Å². The number of hydrazine groups is 1. The number of hydrogen-bond acceptors (Lipinski definition) is 3. The number of nitrogens with one attached hydrogen (secondary N) is 1. The summed E-state index contributed by atoms with van der Waals surface area (Å²) >= 11 is 0. The first kappa shape index (κ1) is 10.9. The molecule has 0 bridgehead atoms. The van der Waals surface area contributed by atoms with Crippen LogP contribution >= 0.6 is 0 Å². The lowest BCUT2D eigenvalue weighted by Crippen LogP contribution is -2.29. The van der Waals surface area contributed by atoms with Crippen molar-refractivity contribution in [3.05, 3.63) is 59.3 Å². The first-order valence-corrected chi connectivity index (χ1v) is 4.96. The topological polar surface area (TPSA) is 51.2 Å². The van der Waals surface area contributed by atoms with Gasteiger partial charge in [-0.25, -0.2) is 9.82 Å². The summed E-state index contributed by atoms with van der Waals surface area (Å²) in [6, 6.07) is 6.19. The van der Waals surface area contributed by atoms with E-state index in [1.54, 1.807) is 24.7 Å². The molecule has 1 atom stereocenters. The van der Waals surface area contributed by atoms with E-state index in [0.717, 1.165) is 16.7 Å². The lowest BCUT2D eigenvalue weighted by molar-refractivity contribution is 0.551. The standard InChI is InChI=1S/C12H13FN2O/c1-8-2-3-10(13)6-11(8)12(15-14)9-4-5-16-7-9/h2-7,12,15H,14H2,1H3. The Labute approximate surface area is 93.0 Å². The van der Waals surface area contributed by atoms with Crippen LogP contribution in [0, 0.1) is 12.7 Å². The van der Waals surface area contributed by atoms with Crippen molar-refractivity contribution in [3.8, 4) is 0 Å². The van der Waals surface area contributed by atoms with Crippen molar-refractivity contribution in [3.63, 3.8) is 0 Å². The third-order valence-electron chi connectivity index (χ3n) is 2.60. The lowest BCUT2D eigenvalue weighted by atomic mass is 9.97. The summed E-state index contributed by atoms with van der Waals surface area (Å²) < 4.78 is 18.2. The highest BCUT2D eigenvalue weighted by molar-refractivity contribution is 5.35. The monoisotopic (exact) mass is 220 g/mol. The predicted molar refractivity (Wildman–Crippen MR) is 59.0 cm³/mol. The SMILES string of the molecule is Cc1ccc(F)cc1C(NN)c1ccoc1. The summed E-state index contributed by atoms with van der Waals surface area (Å²) in [5.41, 5.74) is 5.32. The summed E-state index contributed by atoms with van der Waals surface area (Å²) in [5.74, 6) is 5.23. The largest absolute Gasteiger partial charge is 0.472 e. The van der Waals surface area contributed by atoms with E-state index in [1.807, 2.05) is 6.92 Å². The number of rotatable bonds is 3. The van der Waals surface area contributed by atoms with Crippen molar-refractivity contribution < 1.29 is 8.81 Å². The maximum atomic E-state index is 13.2.